The lowest BCUT2D eigenvalue weighted by atomic mass is 10.3. The molecule has 1 aromatic rings. The molecule has 6 heteroatoms. The van der Waals surface area contributed by atoms with Crippen LogP contribution in [0.3, 0.4) is 0 Å². The number of carbonyl (C=O) groups is 1. The largest absolute Gasteiger partial charge is 0.379 e. The molecule has 20 heavy (non-hydrogen) atoms. The van der Waals surface area contributed by atoms with Crippen LogP contribution in [-0.4, -0.2) is 29.7 Å². The number of aromatic nitrogens is 1. The summed E-state index contributed by atoms with van der Waals surface area (Å²) < 4.78 is 7.72. The maximum atomic E-state index is 11.6. The second-order valence-corrected chi connectivity index (χ2v) is 5.67. The fraction of sp³-hybridized carbons (Fsp3) is 0.571. The molecule has 0 aliphatic rings. The van der Waals surface area contributed by atoms with Crippen LogP contribution in [0.5, 0.6) is 0 Å². The molecule has 0 unspecified atom stereocenters. The molecule has 0 aliphatic heterocycles. The quantitative estimate of drug-likeness (QED) is 0.733. The average molecular weight is 345 g/mol. The third-order valence-electron chi connectivity index (χ3n) is 2.62. The summed E-state index contributed by atoms with van der Waals surface area (Å²) in [7, 11) is 0. The number of aryl methyl sites for hydroxylation is 1. The summed E-state index contributed by atoms with van der Waals surface area (Å²) in [5, 5.41) is 2.81. The van der Waals surface area contributed by atoms with Crippen molar-refractivity contribution in [3.05, 3.63) is 33.2 Å². The van der Waals surface area contributed by atoms with Gasteiger partial charge in [0.1, 0.15) is 0 Å². The minimum absolute atomic E-state index is 0.0542. The van der Waals surface area contributed by atoms with Crippen LogP contribution in [0.1, 0.15) is 26.7 Å². The lowest BCUT2D eigenvalue weighted by Gasteiger charge is -2.09. The van der Waals surface area contributed by atoms with Crippen molar-refractivity contribution in [3.63, 3.8) is 0 Å². The van der Waals surface area contributed by atoms with Crippen molar-refractivity contribution in [1.82, 2.24) is 9.88 Å². The molecule has 0 saturated heterocycles. The number of nitrogens with zero attached hydrogens (tertiary/aromatic N) is 1. The lowest BCUT2D eigenvalue weighted by Crippen LogP contribution is -2.28. The van der Waals surface area contributed by atoms with Crippen LogP contribution in [-0.2, 0) is 16.1 Å². The monoisotopic (exact) mass is 344 g/mol. The Morgan fingerprint density at radius 3 is 2.90 bits per heavy atom. The van der Waals surface area contributed by atoms with Crippen molar-refractivity contribution in [2.24, 2.45) is 0 Å². The van der Waals surface area contributed by atoms with Gasteiger partial charge in [0.15, 0.2) is 0 Å². The first-order valence-electron chi connectivity index (χ1n) is 6.73. The summed E-state index contributed by atoms with van der Waals surface area (Å²) >= 11 is 3.30. The molecule has 1 aromatic heterocycles. The zero-order chi connectivity index (χ0) is 15.0. The molecule has 0 atom stereocenters. The summed E-state index contributed by atoms with van der Waals surface area (Å²) in [6.45, 7) is 5.58. The number of amides is 1. The molecule has 0 radical (unpaired) electrons. The molecular formula is C14H21BrN2O3. The van der Waals surface area contributed by atoms with Gasteiger partial charge < -0.3 is 14.6 Å². The van der Waals surface area contributed by atoms with Crippen molar-refractivity contribution in [1.29, 1.82) is 0 Å². The van der Waals surface area contributed by atoms with Crippen molar-refractivity contribution in [2.45, 2.75) is 39.3 Å². The molecule has 0 spiro atoms. The Morgan fingerprint density at radius 2 is 2.20 bits per heavy atom. The van der Waals surface area contributed by atoms with E-state index in [4.69, 9.17) is 4.74 Å². The highest BCUT2D eigenvalue weighted by Gasteiger charge is 2.03. The molecule has 0 fully saturated rings. The van der Waals surface area contributed by atoms with Crippen LogP contribution in [0, 0.1) is 0 Å². The molecule has 0 aromatic carbocycles. The van der Waals surface area contributed by atoms with E-state index in [1.165, 1.54) is 10.6 Å². The van der Waals surface area contributed by atoms with Gasteiger partial charge in [-0.25, -0.2) is 0 Å². The summed E-state index contributed by atoms with van der Waals surface area (Å²) in [6, 6.07) is 3.17. The first-order chi connectivity index (χ1) is 9.49. The van der Waals surface area contributed by atoms with Gasteiger partial charge in [0.25, 0.3) is 5.56 Å². The van der Waals surface area contributed by atoms with E-state index in [0.29, 0.717) is 26.1 Å². The van der Waals surface area contributed by atoms with Gasteiger partial charge in [0.05, 0.1) is 6.10 Å². The molecule has 0 saturated carbocycles. The highest BCUT2D eigenvalue weighted by atomic mass is 79.9. The third-order valence-corrected chi connectivity index (χ3v) is 3.09. The van der Waals surface area contributed by atoms with Crippen LogP contribution >= 0.6 is 15.9 Å². The predicted molar refractivity (Wildman–Crippen MR) is 81.7 cm³/mol. The van der Waals surface area contributed by atoms with E-state index >= 15 is 0 Å². The summed E-state index contributed by atoms with van der Waals surface area (Å²) in [5.41, 5.74) is -0.105. The Kier molecular flexibility index (Phi) is 7.54. The van der Waals surface area contributed by atoms with Crippen LogP contribution in [0.4, 0.5) is 0 Å². The van der Waals surface area contributed by atoms with Gasteiger partial charge in [-0.05, 0) is 42.3 Å². The highest BCUT2D eigenvalue weighted by Crippen LogP contribution is 2.05. The second kappa shape index (κ2) is 8.92. The number of hydrogen-bond acceptors (Lipinski definition) is 3. The van der Waals surface area contributed by atoms with Gasteiger partial charge in [-0.1, -0.05) is 0 Å². The van der Waals surface area contributed by atoms with Crippen LogP contribution < -0.4 is 10.9 Å². The van der Waals surface area contributed by atoms with Gasteiger partial charge in [-0.3, -0.25) is 9.59 Å². The first kappa shape index (κ1) is 16.9. The summed E-state index contributed by atoms with van der Waals surface area (Å²) in [5.74, 6) is -0.0542. The fourth-order valence-electron chi connectivity index (χ4n) is 1.61. The first-order valence-corrected chi connectivity index (χ1v) is 7.52. The zero-order valence-corrected chi connectivity index (χ0v) is 13.5. The smallest absolute Gasteiger partial charge is 0.250 e. The van der Waals surface area contributed by atoms with Gasteiger partial charge in [-0.15, -0.1) is 0 Å². The number of halogens is 1. The van der Waals surface area contributed by atoms with Crippen molar-refractivity contribution < 1.29 is 9.53 Å². The van der Waals surface area contributed by atoms with Gasteiger partial charge in [-0.2, -0.15) is 0 Å². The van der Waals surface area contributed by atoms with Crippen LogP contribution in [0.2, 0.25) is 0 Å². The molecule has 112 valence electrons. The summed E-state index contributed by atoms with van der Waals surface area (Å²) in [4.78, 5) is 23.2. The van der Waals surface area contributed by atoms with E-state index in [-0.39, 0.29) is 17.6 Å². The van der Waals surface area contributed by atoms with E-state index in [1.807, 2.05) is 13.8 Å². The Labute approximate surface area is 127 Å². The molecule has 1 rings (SSSR count). The normalized spacial score (nSPS) is 10.8. The van der Waals surface area contributed by atoms with Crippen molar-refractivity contribution >= 4 is 21.8 Å². The topological polar surface area (TPSA) is 60.3 Å². The Balaban J connectivity index is 2.23. The Bertz CT molecular complexity index is 486. The Hall–Kier alpha value is -1.14. The minimum atomic E-state index is -0.105. The average Bonchev–Trinajstić information content (AvgIpc) is 2.39. The number of ether oxygens (including phenoxy) is 1. The maximum Gasteiger partial charge on any atom is 0.250 e. The molecule has 1 heterocycles. The van der Waals surface area contributed by atoms with Crippen LogP contribution in [0.15, 0.2) is 27.6 Å². The standard InChI is InChI=1S/C14H21BrN2O3/c1-11(2)20-9-3-7-16-13(18)6-8-17-10-12(15)4-5-14(17)19/h4-5,10-11H,3,6-9H2,1-2H3,(H,16,18). The minimum Gasteiger partial charge on any atom is -0.379 e. The van der Waals surface area contributed by atoms with E-state index in [1.54, 1.807) is 12.3 Å². The highest BCUT2D eigenvalue weighted by molar-refractivity contribution is 9.10. The lowest BCUT2D eigenvalue weighted by molar-refractivity contribution is -0.121. The van der Waals surface area contributed by atoms with Gasteiger partial charge in [0, 0.05) is 42.9 Å². The zero-order valence-electron chi connectivity index (χ0n) is 11.9. The molecule has 0 bridgehead atoms. The number of pyridine rings is 1. The molecule has 5 nitrogen and oxygen atoms in total. The molecule has 1 N–H and O–H groups in total. The SMILES string of the molecule is CC(C)OCCCNC(=O)CCn1cc(Br)ccc1=O. The number of rotatable bonds is 8. The number of carbonyl (C=O) groups excluding carboxylic acids is 1. The van der Waals surface area contributed by atoms with Crippen molar-refractivity contribution in [3.8, 4) is 0 Å². The summed E-state index contributed by atoms with van der Waals surface area (Å²) in [6.07, 6.45) is 2.99. The van der Waals surface area contributed by atoms with E-state index < -0.39 is 0 Å². The van der Waals surface area contributed by atoms with E-state index in [2.05, 4.69) is 21.2 Å². The number of hydrogen-bond donors (Lipinski definition) is 1. The van der Waals surface area contributed by atoms with Crippen molar-refractivity contribution in [2.75, 3.05) is 13.2 Å². The number of nitrogens with one attached hydrogen (secondary N) is 1. The van der Waals surface area contributed by atoms with E-state index in [0.717, 1.165) is 10.9 Å². The molecule has 0 aliphatic carbocycles. The maximum absolute atomic E-state index is 11.6. The van der Waals surface area contributed by atoms with Gasteiger partial charge >= 0.3 is 0 Å². The second-order valence-electron chi connectivity index (χ2n) is 4.75. The van der Waals surface area contributed by atoms with E-state index in [9.17, 15) is 9.59 Å². The van der Waals surface area contributed by atoms with Crippen LogP contribution in [0.25, 0.3) is 0 Å². The predicted octanol–water partition coefficient (Wildman–Crippen LogP) is 1.93. The molecule has 1 amide bonds. The van der Waals surface area contributed by atoms with Gasteiger partial charge in [0.2, 0.25) is 5.91 Å². The fourth-order valence-corrected chi connectivity index (χ4v) is 1.99. The molecular weight excluding hydrogens is 324 g/mol. The Morgan fingerprint density at radius 1 is 1.45 bits per heavy atom. The third kappa shape index (κ3) is 6.86.